The zero-order chi connectivity index (χ0) is 24.2. The van der Waals surface area contributed by atoms with Gasteiger partial charge in [0.15, 0.2) is 0 Å². The number of aryl methyl sites for hydroxylation is 2. The number of halogens is 2. The zero-order valence-corrected chi connectivity index (χ0v) is 20.9. The second-order valence-electron chi connectivity index (χ2n) is 9.41. The Morgan fingerprint density at radius 3 is 2.47 bits per heavy atom. The summed E-state index contributed by atoms with van der Waals surface area (Å²) in [5.41, 5.74) is 6.22. The third kappa shape index (κ3) is 5.33. The Kier molecular flexibility index (Phi) is 7.67. The lowest BCUT2D eigenvalue weighted by molar-refractivity contribution is -0.118. The van der Waals surface area contributed by atoms with Crippen LogP contribution in [0.5, 0.6) is 0 Å². The Morgan fingerprint density at radius 1 is 1.12 bits per heavy atom. The van der Waals surface area contributed by atoms with Crippen molar-refractivity contribution < 1.29 is 9.18 Å². The van der Waals surface area contributed by atoms with Gasteiger partial charge in [-0.25, -0.2) is 4.39 Å². The van der Waals surface area contributed by atoms with Gasteiger partial charge in [0.1, 0.15) is 5.82 Å². The van der Waals surface area contributed by atoms with Crippen LogP contribution in [0.4, 0.5) is 10.1 Å². The summed E-state index contributed by atoms with van der Waals surface area (Å²) in [4.78, 5) is 18.0. The fourth-order valence-corrected chi connectivity index (χ4v) is 5.25. The Morgan fingerprint density at radius 2 is 1.82 bits per heavy atom. The van der Waals surface area contributed by atoms with Crippen LogP contribution >= 0.6 is 11.6 Å². The molecule has 4 rings (SSSR count). The minimum atomic E-state index is -0.309. The monoisotopic (exact) mass is 478 g/mol. The van der Waals surface area contributed by atoms with Crippen molar-refractivity contribution in [3.8, 4) is 11.1 Å². The van der Waals surface area contributed by atoms with Gasteiger partial charge in [-0.15, -0.1) is 0 Å². The van der Waals surface area contributed by atoms with Gasteiger partial charge in [-0.2, -0.15) is 0 Å². The summed E-state index contributed by atoms with van der Waals surface area (Å²) < 4.78 is 14.3. The van der Waals surface area contributed by atoms with Gasteiger partial charge in [0.05, 0.1) is 16.6 Å². The van der Waals surface area contributed by atoms with E-state index in [-0.39, 0.29) is 23.6 Å². The number of aromatic nitrogens is 1. The minimum Gasteiger partial charge on any atom is -0.325 e. The number of carbonyl (C=O) groups is 1. The Labute approximate surface area is 206 Å². The van der Waals surface area contributed by atoms with Gasteiger partial charge < -0.3 is 5.32 Å². The lowest BCUT2D eigenvalue weighted by Gasteiger charge is -2.24. The van der Waals surface area contributed by atoms with Crippen LogP contribution in [-0.4, -0.2) is 10.9 Å². The highest BCUT2D eigenvalue weighted by Gasteiger charge is 2.32. The van der Waals surface area contributed by atoms with E-state index in [1.165, 1.54) is 6.07 Å². The normalized spacial score (nSPS) is 14.9. The first kappa shape index (κ1) is 24.4. The number of nitrogens with one attached hydrogen (secondary N) is 1. The van der Waals surface area contributed by atoms with Crippen LogP contribution < -0.4 is 5.32 Å². The van der Waals surface area contributed by atoms with Crippen molar-refractivity contribution in [1.29, 1.82) is 0 Å². The van der Waals surface area contributed by atoms with Crippen molar-refractivity contribution in [2.45, 2.75) is 65.2 Å². The van der Waals surface area contributed by atoms with Crippen LogP contribution in [0.25, 0.3) is 11.1 Å². The summed E-state index contributed by atoms with van der Waals surface area (Å²) in [5.74, 6) is -0.355. The van der Waals surface area contributed by atoms with E-state index in [0.717, 1.165) is 72.0 Å². The molecule has 2 aromatic carbocycles. The zero-order valence-electron chi connectivity index (χ0n) is 20.1. The molecule has 1 fully saturated rings. The van der Waals surface area contributed by atoms with Crippen LogP contribution in [0.3, 0.4) is 0 Å². The van der Waals surface area contributed by atoms with Gasteiger partial charge in [-0.05, 0) is 79.5 Å². The Balaban J connectivity index is 1.62. The highest BCUT2D eigenvalue weighted by molar-refractivity contribution is 6.31. The molecule has 0 bridgehead atoms. The maximum Gasteiger partial charge on any atom is 0.232 e. The molecule has 1 saturated carbocycles. The Hall–Kier alpha value is -2.72. The van der Waals surface area contributed by atoms with Crippen LogP contribution in [0.1, 0.15) is 67.3 Å². The first-order chi connectivity index (χ1) is 16.4. The van der Waals surface area contributed by atoms with Crippen LogP contribution in [0.2, 0.25) is 5.02 Å². The predicted molar refractivity (Wildman–Crippen MR) is 138 cm³/mol. The van der Waals surface area contributed by atoms with E-state index < -0.39 is 0 Å². The molecule has 0 radical (unpaired) electrons. The Bertz CT molecular complexity index is 1170. The van der Waals surface area contributed by atoms with E-state index in [0.29, 0.717) is 10.7 Å². The van der Waals surface area contributed by atoms with Crippen LogP contribution in [0, 0.1) is 25.6 Å². The van der Waals surface area contributed by atoms with E-state index in [1.54, 1.807) is 6.07 Å². The highest BCUT2D eigenvalue weighted by Crippen LogP contribution is 2.39. The van der Waals surface area contributed by atoms with Gasteiger partial charge >= 0.3 is 0 Å². The van der Waals surface area contributed by atoms with Crippen molar-refractivity contribution in [3.63, 3.8) is 0 Å². The van der Waals surface area contributed by atoms with E-state index in [4.69, 9.17) is 11.6 Å². The quantitative estimate of drug-likeness (QED) is 0.373. The molecule has 34 heavy (non-hydrogen) atoms. The summed E-state index contributed by atoms with van der Waals surface area (Å²) in [6.07, 6.45) is 7.87. The molecular formula is C29H32ClFN2O. The van der Waals surface area contributed by atoms with E-state index in [1.807, 2.05) is 50.4 Å². The number of benzene rings is 2. The largest absolute Gasteiger partial charge is 0.325 e. The fraction of sp³-hybridized carbons (Fsp3) is 0.379. The number of hydrogen-bond donors (Lipinski definition) is 1. The maximum atomic E-state index is 14.3. The average molecular weight is 479 g/mol. The van der Waals surface area contributed by atoms with Crippen LogP contribution in [-0.2, 0) is 11.2 Å². The molecule has 1 heterocycles. The number of carbonyl (C=O) groups excluding carboxylic acids is 1. The molecule has 0 spiro atoms. The summed E-state index contributed by atoms with van der Waals surface area (Å²) >= 11 is 6.26. The van der Waals surface area contributed by atoms with Crippen molar-refractivity contribution in [2.75, 3.05) is 5.32 Å². The number of rotatable bonds is 7. The maximum absolute atomic E-state index is 14.3. The molecule has 1 aliphatic rings. The van der Waals surface area contributed by atoms with Crippen molar-refractivity contribution in [3.05, 3.63) is 81.9 Å². The highest BCUT2D eigenvalue weighted by atomic mass is 35.5. The summed E-state index contributed by atoms with van der Waals surface area (Å²) in [6.45, 7) is 5.91. The molecule has 0 aliphatic heterocycles. The second-order valence-corrected chi connectivity index (χ2v) is 9.82. The number of anilines is 1. The van der Waals surface area contributed by atoms with Crippen LogP contribution in [0.15, 0.2) is 48.7 Å². The van der Waals surface area contributed by atoms with Crippen molar-refractivity contribution >= 4 is 23.2 Å². The summed E-state index contributed by atoms with van der Waals surface area (Å²) in [6, 6.07) is 13.1. The molecule has 178 valence electrons. The smallest absolute Gasteiger partial charge is 0.232 e. The van der Waals surface area contributed by atoms with Gasteiger partial charge in [0, 0.05) is 17.4 Å². The summed E-state index contributed by atoms with van der Waals surface area (Å²) in [7, 11) is 0. The fourth-order valence-electron chi connectivity index (χ4n) is 5.08. The number of nitrogens with zero attached hydrogens (tertiary/aromatic N) is 1. The van der Waals surface area contributed by atoms with Crippen molar-refractivity contribution in [1.82, 2.24) is 4.98 Å². The van der Waals surface area contributed by atoms with Gasteiger partial charge in [0.25, 0.3) is 0 Å². The van der Waals surface area contributed by atoms with E-state index in [9.17, 15) is 9.18 Å². The number of pyridine rings is 1. The number of hydrogen-bond acceptors (Lipinski definition) is 2. The molecular weight excluding hydrogens is 447 g/mol. The molecule has 1 unspecified atom stereocenters. The molecule has 1 aromatic heterocycles. The minimum absolute atomic E-state index is 0.0594. The molecule has 0 saturated heterocycles. The second kappa shape index (κ2) is 10.7. The molecule has 3 aromatic rings. The standard InChI is InChI=1S/C29H32ClFN2O/c1-4-7-23-14-25(31)16-27(18(23)2)33-29(34)28(21-8-5-6-9-21)22-12-10-20(11-13-22)24-15-26(30)19(3)32-17-24/h10-17,21,28H,4-9H2,1-3H3,(H,33,34). The van der Waals surface area contributed by atoms with Crippen molar-refractivity contribution in [2.24, 2.45) is 5.92 Å². The number of amides is 1. The third-order valence-electron chi connectivity index (χ3n) is 7.04. The SMILES string of the molecule is CCCc1cc(F)cc(NC(=O)C(c2ccc(-c3cnc(C)c(Cl)c3)cc2)C2CCCC2)c1C. The van der Waals surface area contributed by atoms with E-state index in [2.05, 4.69) is 17.2 Å². The lowest BCUT2D eigenvalue weighted by atomic mass is 9.83. The molecule has 3 nitrogen and oxygen atoms in total. The van der Waals surface area contributed by atoms with Gasteiger partial charge in [-0.1, -0.05) is 62.1 Å². The predicted octanol–water partition coefficient (Wildman–Crippen LogP) is 8.02. The third-order valence-corrected chi connectivity index (χ3v) is 7.42. The molecule has 1 aliphatic carbocycles. The van der Waals surface area contributed by atoms with Gasteiger partial charge in [0.2, 0.25) is 5.91 Å². The molecule has 1 amide bonds. The summed E-state index contributed by atoms with van der Waals surface area (Å²) in [5, 5.41) is 3.72. The molecule has 1 N–H and O–H groups in total. The first-order valence-electron chi connectivity index (χ1n) is 12.2. The topological polar surface area (TPSA) is 42.0 Å². The average Bonchev–Trinajstić information content (AvgIpc) is 3.34. The van der Waals surface area contributed by atoms with E-state index >= 15 is 0 Å². The molecule has 1 atom stereocenters. The lowest BCUT2D eigenvalue weighted by Crippen LogP contribution is -2.27. The van der Waals surface area contributed by atoms with Gasteiger partial charge in [-0.3, -0.25) is 9.78 Å². The molecule has 5 heteroatoms. The first-order valence-corrected chi connectivity index (χ1v) is 12.6.